The number of hydrogen-bond acceptors (Lipinski definition) is 3. The van der Waals surface area contributed by atoms with Crippen LogP contribution in [0.25, 0.3) is 0 Å². The molecule has 0 spiro atoms. The molecule has 134 valence electrons. The van der Waals surface area contributed by atoms with Gasteiger partial charge >= 0.3 is 0 Å². The van der Waals surface area contributed by atoms with Crippen LogP contribution in [-0.2, 0) is 4.79 Å². The third-order valence-corrected chi connectivity index (χ3v) is 5.05. The van der Waals surface area contributed by atoms with E-state index < -0.39 is 0 Å². The zero-order valence-corrected chi connectivity index (χ0v) is 16.3. The van der Waals surface area contributed by atoms with Crippen molar-refractivity contribution in [2.45, 2.75) is 34.1 Å². The van der Waals surface area contributed by atoms with Crippen LogP contribution in [0.5, 0.6) is 5.75 Å². The Morgan fingerprint density at radius 1 is 1.08 bits per heavy atom. The summed E-state index contributed by atoms with van der Waals surface area (Å²) in [6.07, 6.45) is 0.925. The van der Waals surface area contributed by atoms with E-state index >= 15 is 0 Å². The maximum absolute atomic E-state index is 12.0. The molecule has 3 nitrogen and oxygen atoms in total. The molecule has 0 heterocycles. The zero-order chi connectivity index (χ0) is 18.2. The lowest BCUT2D eigenvalue weighted by Gasteiger charge is -2.10. The number of aryl methyl sites for hydroxylation is 3. The minimum absolute atomic E-state index is 0.0499. The molecule has 0 bridgehead atoms. The van der Waals surface area contributed by atoms with Gasteiger partial charge in [0.15, 0.2) is 0 Å². The minimum atomic E-state index is 0.0499. The van der Waals surface area contributed by atoms with Gasteiger partial charge in [0.1, 0.15) is 5.75 Å². The van der Waals surface area contributed by atoms with Crippen LogP contribution < -0.4 is 10.1 Å². The monoisotopic (exact) mass is 357 g/mol. The Balaban J connectivity index is 1.64. The third-order valence-electron chi connectivity index (χ3n) is 4.01. The molecule has 0 saturated heterocycles. The second-order valence-corrected chi connectivity index (χ2v) is 7.48. The van der Waals surface area contributed by atoms with E-state index in [-0.39, 0.29) is 5.91 Å². The molecule has 0 atom stereocenters. The molecule has 1 amide bonds. The van der Waals surface area contributed by atoms with Crippen molar-refractivity contribution in [1.29, 1.82) is 0 Å². The number of ether oxygens (including phenoxy) is 1. The minimum Gasteiger partial charge on any atom is -0.494 e. The van der Waals surface area contributed by atoms with Gasteiger partial charge in [-0.05, 0) is 80.3 Å². The van der Waals surface area contributed by atoms with Crippen LogP contribution in [0.1, 0.15) is 28.7 Å². The van der Waals surface area contributed by atoms with Gasteiger partial charge in [0.25, 0.3) is 0 Å². The van der Waals surface area contributed by atoms with Gasteiger partial charge in [-0.1, -0.05) is 18.2 Å². The molecule has 4 heteroatoms. The Kier molecular flexibility index (Phi) is 7.38. The molecule has 1 N–H and O–H groups in total. The summed E-state index contributed by atoms with van der Waals surface area (Å²) in [6, 6.07) is 12.2. The third kappa shape index (κ3) is 6.46. The summed E-state index contributed by atoms with van der Waals surface area (Å²) in [7, 11) is 0. The molecule has 0 fully saturated rings. The quantitative estimate of drug-likeness (QED) is 0.671. The Bertz CT molecular complexity index is 708. The molecule has 25 heavy (non-hydrogen) atoms. The van der Waals surface area contributed by atoms with Crippen LogP contribution in [0.15, 0.2) is 36.4 Å². The van der Waals surface area contributed by atoms with Crippen molar-refractivity contribution in [1.82, 2.24) is 0 Å². The van der Waals surface area contributed by atoms with Gasteiger partial charge < -0.3 is 10.1 Å². The van der Waals surface area contributed by atoms with E-state index in [0.29, 0.717) is 12.4 Å². The van der Waals surface area contributed by atoms with Crippen LogP contribution in [0.2, 0.25) is 0 Å². The van der Waals surface area contributed by atoms with Gasteiger partial charge in [-0.3, -0.25) is 4.79 Å². The van der Waals surface area contributed by atoms with E-state index in [1.807, 2.05) is 19.1 Å². The Morgan fingerprint density at radius 3 is 2.52 bits per heavy atom. The van der Waals surface area contributed by atoms with Gasteiger partial charge in [0, 0.05) is 5.69 Å². The first kappa shape index (κ1) is 19.4. The van der Waals surface area contributed by atoms with Gasteiger partial charge in [0.2, 0.25) is 5.91 Å². The summed E-state index contributed by atoms with van der Waals surface area (Å²) < 4.78 is 5.79. The molecule has 0 aliphatic heterocycles. The molecule has 0 aromatic heterocycles. The maximum Gasteiger partial charge on any atom is 0.234 e. The molecule has 2 aromatic rings. The highest BCUT2D eigenvalue weighted by Crippen LogP contribution is 2.19. The highest BCUT2D eigenvalue weighted by molar-refractivity contribution is 7.99. The number of hydrogen-bond donors (Lipinski definition) is 1. The Labute approximate surface area is 155 Å². The van der Waals surface area contributed by atoms with E-state index in [1.54, 1.807) is 11.8 Å². The first-order valence-corrected chi connectivity index (χ1v) is 9.76. The number of nitrogens with one attached hydrogen (secondary N) is 1. The number of carbonyl (C=O) groups is 1. The number of benzene rings is 2. The van der Waals surface area contributed by atoms with Gasteiger partial charge in [-0.2, -0.15) is 11.8 Å². The molecule has 0 unspecified atom stereocenters. The molecule has 0 aliphatic carbocycles. The van der Waals surface area contributed by atoms with Crippen LogP contribution in [0, 0.1) is 27.7 Å². The largest absolute Gasteiger partial charge is 0.494 e. The van der Waals surface area contributed by atoms with E-state index in [9.17, 15) is 4.79 Å². The predicted molar refractivity (Wildman–Crippen MR) is 108 cm³/mol. The summed E-state index contributed by atoms with van der Waals surface area (Å²) in [4.78, 5) is 12.0. The lowest BCUT2D eigenvalue weighted by molar-refractivity contribution is -0.113. The van der Waals surface area contributed by atoms with Crippen molar-refractivity contribution in [2.75, 3.05) is 23.4 Å². The standard InChI is InChI=1S/C21H27NO2S/c1-15-11-16(2)13-19(12-15)24-9-6-10-25-14-21(23)22-20-8-5-7-17(3)18(20)4/h5,7-8,11-13H,6,9-10,14H2,1-4H3,(H,22,23). The van der Waals surface area contributed by atoms with Crippen LogP contribution in [-0.4, -0.2) is 24.0 Å². The lowest BCUT2D eigenvalue weighted by Crippen LogP contribution is -2.15. The summed E-state index contributed by atoms with van der Waals surface area (Å²) in [5.74, 6) is 2.35. The smallest absolute Gasteiger partial charge is 0.234 e. The maximum atomic E-state index is 12.0. The highest BCUT2D eigenvalue weighted by atomic mass is 32.2. The molecule has 0 saturated carbocycles. The molecule has 0 aliphatic rings. The summed E-state index contributed by atoms with van der Waals surface area (Å²) in [5.41, 5.74) is 5.65. The fourth-order valence-electron chi connectivity index (χ4n) is 2.60. The zero-order valence-electron chi connectivity index (χ0n) is 15.5. The fourth-order valence-corrected chi connectivity index (χ4v) is 3.33. The average molecular weight is 358 g/mol. The van der Waals surface area contributed by atoms with Crippen molar-refractivity contribution in [2.24, 2.45) is 0 Å². The summed E-state index contributed by atoms with van der Waals surface area (Å²) in [5, 5.41) is 2.99. The Morgan fingerprint density at radius 2 is 1.80 bits per heavy atom. The summed E-state index contributed by atoms with van der Waals surface area (Å²) >= 11 is 1.64. The number of rotatable bonds is 8. The van der Waals surface area contributed by atoms with Crippen molar-refractivity contribution in [3.8, 4) is 5.75 Å². The van der Waals surface area contributed by atoms with E-state index in [2.05, 4.69) is 50.4 Å². The number of carbonyl (C=O) groups excluding carboxylic acids is 1. The van der Waals surface area contributed by atoms with Gasteiger partial charge in [-0.25, -0.2) is 0 Å². The topological polar surface area (TPSA) is 38.3 Å². The molecule has 2 aromatic carbocycles. The second-order valence-electron chi connectivity index (χ2n) is 6.37. The molecular formula is C21H27NO2S. The van der Waals surface area contributed by atoms with Gasteiger partial charge in [0.05, 0.1) is 12.4 Å². The number of thioether (sulfide) groups is 1. The van der Waals surface area contributed by atoms with Crippen molar-refractivity contribution in [3.05, 3.63) is 58.7 Å². The van der Waals surface area contributed by atoms with Crippen molar-refractivity contribution < 1.29 is 9.53 Å². The van der Waals surface area contributed by atoms with E-state index in [0.717, 1.165) is 29.2 Å². The van der Waals surface area contributed by atoms with Crippen LogP contribution in [0.4, 0.5) is 5.69 Å². The van der Waals surface area contributed by atoms with Crippen molar-refractivity contribution >= 4 is 23.4 Å². The molecule has 2 rings (SSSR count). The number of anilines is 1. The van der Waals surface area contributed by atoms with Gasteiger partial charge in [-0.15, -0.1) is 0 Å². The molecular weight excluding hydrogens is 330 g/mol. The normalized spacial score (nSPS) is 10.6. The SMILES string of the molecule is Cc1cc(C)cc(OCCCSCC(=O)Nc2cccc(C)c2C)c1. The first-order chi connectivity index (χ1) is 12.0. The lowest BCUT2D eigenvalue weighted by atomic mass is 10.1. The average Bonchev–Trinajstić information content (AvgIpc) is 2.54. The first-order valence-electron chi connectivity index (χ1n) is 8.60. The second kappa shape index (κ2) is 9.52. The predicted octanol–water partition coefficient (Wildman–Crippen LogP) is 5.06. The number of amides is 1. The summed E-state index contributed by atoms with van der Waals surface area (Å²) in [6.45, 7) is 8.90. The molecule has 0 radical (unpaired) electrons. The fraction of sp³-hybridized carbons (Fsp3) is 0.381. The Hall–Kier alpha value is -1.94. The highest BCUT2D eigenvalue weighted by Gasteiger charge is 2.06. The van der Waals surface area contributed by atoms with Crippen molar-refractivity contribution in [3.63, 3.8) is 0 Å². The van der Waals surface area contributed by atoms with Crippen LogP contribution in [0.3, 0.4) is 0 Å². The van der Waals surface area contributed by atoms with Crippen LogP contribution >= 0.6 is 11.8 Å². The van der Waals surface area contributed by atoms with E-state index in [4.69, 9.17) is 4.74 Å². The van der Waals surface area contributed by atoms with E-state index in [1.165, 1.54) is 16.7 Å².